The molecule has 2 N–H and O–H groups in total. The molecule has 170 valence electrons. The predicted octanol–water partition coefficient (Wildman–Crippen LogP) is 5.20. The van der Waals surface area contributed by atoms with Crippen LogP contribution >= 0.6 is 7.82 Å². The smallest absolute Gasteiger partial charge is 0.493 e. The highest BCUT2D eigenvalue weighted by Gasteiger charge is 2.31. The molecule has 1 aliphatic carbocycles. The first-order valence-electron chi connectivity index (χ1n) is 9.85. The van der Waals surface area contributed by atoms with E-state index in [0.717, 1.165) is 24.8 Å². The van der Waals surface area contributed by atoms with E-state index in [0.29, 0.717) is 24.7 Å². The third-order valence-corrected chi connectivity index (χ3v) is 5.65. The van der Waals surface area contributed by atoms with Crippen molar-refractivity contribution in [1.82, 2.24) is 0 Å². The summed E-state index contributed by atoms with van der Waals surface area (Å²) in [5.41, 5.74) is 2.20. The number of phosphoric acid groups is 1. The molecule has 0 unspecified atom stereocenters. The summed E-state index contributed by atoms with van der Waals surface area (Å²) >= 11 is 0. The zero-order chi connectivity index (χ0) is 22.5. The second kappa shape index (κ2) is 10.0. The lowest BCUT2D eigenvalue weighted by Gasteiger charge is -2.13. The lowest BCUT2D eigenvalue weighted by Crippen LogP contribution is -2.17. The fourth-order valence-corrected chi connectivity index (χ4v) is 4.14. The molecule has 31 heavy (non-hydrogen) atoms. The number of benzene rings is 2. The molecule has 10 heteroatoms. The van der Waals surface area contributed by atoms with Crippen molar-refractivity contribution in [2.24, 2.45) is 5.92 Å². The molecular formula is C21H24F3O6P. The number of hydrogen-bond donors (Lipinski definition) is 2. The fraction of sp³-hybridized carbons (Fsp3) is 0.429. The lowest BCUT2D eigenvalue weighted by atomic mass is 9.95. The Morgan fingerprint density at radius 3 is 2.42 bits per heavy atom. The fourth-order valence-electron chi connectivity index (χ4n) is 3.74. The summed E-state index contributed by atoms with van der Waals surface area (Å²) in [6.45, 7) is 0.367. The van der Waals surface area contributed by atoms with Gasteiger partial charge < -0.3 is 19.3 Å². The van der Waals surface area contributed by atoms with E-state index in [2.05, 4.69) is 9.26 Å². The lowest BCUT2D eigenvalue weighted by molar-refractivity contribution is -0.274. The van der Waals surface area contributed by atoms with Crippen LogP contribution in [0.1, 0.15) is 36.3 Å². The maximum atomic E-state index is 12.3. The van der Waals surface area contributed by atoms with Gasteiger partial charge >= 0.3 is 14.2 Å². The van der Waals surface area contributed by atoms with E-state index in [4.69, 9.17) is 14.5 Å². The molecule has 0 aromatic heterocycles. The largest absolute Gasteiger partial charge is 0.573 e. The van der Waals surface area contributed by atoms with Crippen LogP contribution in [0.3, 0.4) is 0 Å². The van der Waals surface area contributed by atoms with Crippen LogP contribution in [-0.2, 0) is 15.5 Å². The van der Waals surface area contributed by atoms with Crippen LogP contribution in [0.15, 0.2) is 48.5 Å². The monoisotopic (exact) mass is 460 g/mol. The van der Waals surface area contributed by atoms with Gasteiger partial charge in [-0.25, -0.2) is 4.57 Å². The molecule has 2 atom stereocenters. The Hall–Kier alpha value is -2.06. The number of phosphoric ester groups is 1. The van der Waals surface area contributed by atoms with Crippen LogP contribution < -0.4 is 9.47 Å². The average Bonchev–Trinajstić information content (AvgIpc) is 3.15. The van der Waals surface area contributed by atoms with E-state index in [9.17, 15) is 17.7 Å². The van der Waals surface area contributed by atoms with Crippen molar-refractivity contribution >= 4 is 7.82 Å². The number of halogens is 3. The third-order valence-electron chi connectivity index (χ3n) is 5.17. The summed E-state index contributed by atoms with van der Waals surface area (Å²) in [5.74, 6) is 0.429. The third kappa shape index (κ3) is 8.18. The van der Waals surface area contributed by atoms with Crippen LogP contribution in [0.4, 0.5) is 13.2 Å². The second-order valence-corrected chi connectivity index (χ2v) is 8.76. The van der Waals surface area contributed by atoms with Gasteiger partial charge in [0.2, 0.25) is 0 Å². The first-order valence-corrected chi connectivity index (χ1v) is 11.4. The molecule has 0 saturated heterocycles. The van der Waals surface area contributed by atoms with Gasteiger partial charge in [0.15, 0.2) is 0 Å². The molecule has 0 radical (unpaired) electrons. The Labute approximate surface area is 178 Å². The van der Waals surface area contributed by atoms with E-state index < -0.39 is 14.2 Å². The number of ether oxygens (including phenoxy) is 2. The molecule has 0 bridgehead atoms. The van der Waals surface area contributed by atoms with Gasteiger partial charge in [-0.15, -0.1) is 13.2 Å². The molecular weight excluding hydrogens is 436 g/mol. The van der Waals surface area contributed by atoms with Crippen molar-refractivity contribution < 1.29 is 41.5 Å². The zero-order valence-corrected chi connectivity index (χ0v) is 17.5. The molecule has 2 aromatic carbocycles. The van der Waals surface area contributed by atoms with Crippen molar-refractivity contribution in [1.29, 1.82) is 0 Å². The molecule has 1 saturated carbocycles. The highest BCUT2D eigenvalue weighted by molar-refractivity contribution is 7.46. The van der Waals surface area contributed by atoms with Crippen molar-refractivity contribution in [3.63, 3.8) is 0 Å². The van der Waals surface area contributed by atoms with Gasteiger partial charge in [-0.3, -0.25) is 4.52 Å². The van der Waals surface area contributed by atoms with E-state index >= 15 is 0 Å². The minimum absolute atomic E-state index is 0.0609. The maximum Gasteiger partial charge on any atom is 0.573 e. The normalized spacial score (nSPS) is 19.4. The molecule has 0 heterocycles. The minimum Gasteiger partial charge on any atom is -0.493 e. The molecule has 0 amide bonds. The Bertz CT molecular complexity index is 897. The Balaban J connectivity index is 1.45. The van der Waals surface area contributed by atoms with Crippen molar-refractivity contribution in [2.45, 2.75) is 38.0 Å². The van der Waals surface area contributed by atoms with Gasteiger partial charge in [-0.2, -0.15) is 0 Å². The predicted molar refractivity (Wildman–Crippen MR) is 107 cm³/mol. The van der Waals surface area contributed by atoms with Gasteiger partial charge in [-0.1, -0.05) is 30.3 Å². The summed E-state index contributed by atoms with van der Waals surface area (Å²) in [7, 11) is -4.43. The number of hydrogen-bond acceptors (Lipinski definition) is 4. The van der Waals surface area contributed by atoms with Gasteiger partial charge in [0, 0.05) is 12.5 Å². The first-order chi connectivity index (χ1) is 14.6. The molecule has 2 aromatic rings. The topological polar surface area (TPSA) is 85.2 Å². The summed E-state index contributed by atoms with van der Waals surface area (Å²) in [6, 6.07) is 13.5. The molecule has 3 rings (SSSR count). The number of rotatable bonds is 9. The maximum absolute atomic E-state index is 12.3. The summed E-state index contributed by atoms with van der Waals surface area (Å²) < 4.78 is 61.8. The quantitative estimate of drug-likeness (QED) is 0.501. The summed E-state index contributed by atoms with van der Waals surface area (Å²) in [5, 5.41) is 0. The highest BCUT2D eigenvalue weighted by atomic mass is 31.2. The molecule has 0 aliphatic heterocycles. The molecule has 6 nitrogen and oxygen atoms in total. The summed E-state index contributed by atoms with van der Waals surface area (Å²) in [4.78, 5) is 17.6. The van der Waals surface area contributed by atoms with E-state index in [1.165, 1.54) is 23.8 Å². The van der Waals surface area contributed by atoms with Crippen LogP contribution in [0.25, 0.3) is 0 Å². The van der Waals surface area contributed by atoms with Gasteiger partial charge in [0.1, 0.15) is 11.5 Å². The first kappa shape index (κ1) is 23.6. The standard InChI is InChI=1S/C21H24F3O6P/c22-21(23,24)30-20-3-1-2-19(13-20)28-11-10-15-4-7-17(8-5-15)18-9-6-16(12-18)14-29-31(25,26)27/h1-5,7-8,13,16,18H,6,9-12,14H2,(H2,25,26,27)/t16-,18+/m0/s1. The van der Waals surface area contributed by atoms with Crippen LogP contribution in [-0.4, -0.2) is 29.4 Å². The Kier molecular flexibility index (Phi) is 7.64. The van der Waals surface area contributed by atoms with Crippen LogP contribution in [0, 0.1) is 5.92 Å². The highest BCUT2D eigenvalue weighted by Crippen LogP contribution is 2.42. The second-order valence-electron chi connectivity index (χ2n) is 7.53. The van der Waals surface area contributed by atoms with E-state index in [1.807, 2.05) is 24.3 Å². The average molecular weight is 460 g/mol. The van der Waals surface area contributed by atoms with Crippen LogP contribution in [0.5, 0.6) is 11.5 Å². The van der Waals surface area contributed by atoms with Crippen LogP contribution in [0.2, 0.25) is 0 Å². The molecule has 0 spiro atoms. The zero-order valence-electron chi connectivity index (χ0n) is 16.6. The van der Waals surface area contributed by atoms with Crippen molar-refractivity contribution in [3.05, 3.63) is 59.7 Å². The summed E-state index contributed by atoms with van der Waals surface area (Å²) in [6.07, 6.45) is -1.54. The molecule has 1 fully saturated rings. The molecule has 1 aliphatic rings. The van der Waals surface area contributed by atoms with Crippen molar-refractivity contribution in [2.75, 3.05) is 13.2 Å². The van der Waals surface area contributed by atoms with Gasteiger partial charge in [-0.05, 0) is 54.4 Å². The van der Waals surface area contributed by atoms with E-state index in [1.54, 1.807) is 6.07 Å². The SMILES string of the molecule is O=P(O)(O)OC[C@H]1CC[C@@H](c2ccc(CCOc3cccc(OC(F)(F)F)c3)cc2)C1. The Morgan fingerprint density at radius 2 is 1.74 bits per heavy atom. The van der Waals surface area contributed by atoms with Gasteiger partial charge in [0.05, 0.1) is 13.2 Å². The number of alkyl halides is 3. The Morgan fingerprint density at radius 1 is 1.03 bits per heavy atom. The van der Waals surface area contributed by atoms with Crippen molar-refractivity contribution in [3.8, 4) is 11.5 Å². The minimum atomic E-state index is -4.74. The van der Waals surface area contributed by atoms with Gasteiger partial charge in [0.25, 0.3) is 0 Å². The van der Waals surface area contributed by atoms with E-state index in [-0.39, 0.29) is 18.3 Å².